The van der Waals surface area contributed by atoms with E-state index in [9.17, 15) is 18.0 Å². The molecule has 150 valence electrons. The average molecular weight is 415 g/mol. The average Bonchev–Trinajstić information content (AvgIpc) is 3.09. The third-order valence-electron chi connectivity index (χ3n) is 4.45. The Morgan fingerprint density at radius 3 is 2.64 bits per heavy atom. The van der Waals surface area contributed by atoms with Gasteiger partial charge in [-0.15, -0.1) is 0 Å². The number of halogens is 4. The fourth-order valence-corrected chi connectivity index (χ4v) is 2.93. The van der Waals surface area contributed by atoms with Crippen molar-refractivity contribution < 1.29 is 27.4 Å². The van der Waals surface area contributed by atoms with E-state index in [1.54, 1.807) is 24.9 Å². The number of hydrogen-bond acceptors (Lipinski definition) is 4. The van der Waals surface area contributed by atoms with Gasteiger partial charge in [-0.2, -0.15) is 13.2 Å². The van der Waals surface area contributed by atoms with Crippen molar-refractivity contribution in [1.29, 1.82) is 0 Å². The molecule has 5 nitrogen and oxygen atoms in total. The minimum atomic E-state index is -4.63. The molecule has 0 saturated carbocycles. The van der Waals surface area contributed by atoms with E-state index < -0.39 is 23.7 Å². The van der Waals surface area contributed by atoms with E-state index >= 15 is 0 Å². The molecular weight excluding hydrogens is 397 g/mol. The second kappa shape index (κ2) is 7.89. The molecule has 0 spiro atoms. The molecule has 1 aliphatic rings. The Labute approximate surface area is 165 Å². The zero-order valence-electron chi connectivity index (χ0n) is 15.1. The van der Waals surface area contributed by atoms with Gasteiger partial charge in [-0.1, -0.05) is 17.7 Å². The minimum absolute atomic E-state index is 0.0571. The standard InChI is InChI=1S/C19H18ClF3N2O3/c1-11(25(2)9-12-3-6-16-17(7-12)28-10-27-16)18(26)24-15-5-4-13(20)8-14(15)19(21,22)23/h3-8,11H,9-10H2,1-2H3,(H,24,26)/t11-/m0/s1. The molecule has 1 amide bonds. The van der Waals surface area contributed by atoms with Gasteiger partial charge in [0.15, 0.2) is 11.5 Å². The van der Waals surface area contributed by atoms with Crippen molar-refractivity contribution in [2.24, 2.45) is 0 Å². The first-order chi connectivity index (χ1) is 13.1. The fourth-order valence-electron chi connectivity index (χ4n) is 2.76. The van der Waals surface area contributed by atoms with Gasteiger partial charge in [0.25, 0.3) is 0 Å². The van der Waals surface area contributed by atoms with Crippen LogP contribution < -0.4 is 14.8 Å². The van der Waals surface area contributed by atoms with Crippen LogP contribution in [0.3, 0.4) is 0 Å². The Balaban J connectivity index is 1.69. The van der Waals surface area contributed by atoms with Crippen LogP contribution in [0, 0.1) is 0 Å². The normalized spacial score (nSPS) is 14.2. The van der Waals surface area contributed by atoms with Crippen molar-refractivity contribution >= 4 is 23.2 Å². The third-order valence-corrected chi connectivity index (χ3v) is 4.69. The predicted molar refractivity (Wildman–Crippen MR) is 98.6 cm³/mol. The summed E-state index contributed by atoms with van der Waals surface area (Å²) in [6.07, 6.45) is -4.63. The molecule has 2 aromatic carbocycles. The number of ether oxygens (including phenoxy) is 2. The monoisotopic (exact) mass is 414 g/mol. The predicted octanol–water partition coefficient (Wildman–Crippen LogP) is 4.55. The number of fused-ring (bicyclic) bond motifs is 1. The smallest absolute Gasteiger partial charge is 0.418 e. The second-order valence-corrected chi connectivity index (χ2v) is 6.89. The Kier molecular flexibility index (Phi) is 5.71. The molecule has 0 aromatic heterocycles. The first-order valence-corrected chi connectivity index (χ1v) is 8.79. The highest BCUT2D eigenvalue weighted by Gasteiger charge is 2.34. The van der Waals surface area contributed by atoms with Crippen molar-refractivity contribution in [1.82, 2.24) is 4.90 Å². The molecule has 1 atom stereocenters. The van der Waals surface area contributed by atoms with Gasteiger partial charge in [-0.05, 0) is 49.9 Å². The number of carbonyl (C=O) groups is 1. The molecule has 0 fully saturated rings. The highest BCUT2D eigenvalue weighted by molar-refractivity contribution is 6.30. The van der Waals surface area contributed by atoms with Crippen LogP contribution in [0.25, 0.3) is 0 Å². The van der Waals surface area contributed by atoms with Crippen molar-refractivity contribution in [3.05, 3.63) is 52.5 Å². The third kappa shape index (κ3) is 4.51. The van der Waals surface area contributed by atoms with E-state index in [0.29, 0.717) is 18.0 Å². The van der Waals surface area contributed by atoms with E-state index in [1.807, 2.05) is 12.1 Å². The number of nitrogens with one attached hydrogen (secondary N) is 1. The maximum atomic E-state index is 13.2. The van der Waals surface area contributed by atoms with Gasteiger partial charge in [0.05, 0.1) is 17.3 Å². The highest BCUT2D eigenvalue weighted by atomic mass is 35.5. The summed E-state index contributed by atoms with van der Waals surface area (Å²) in [5, 5.41) is 2.29. The van der Waals surface area contributed by atoms with Gasteiger partial charge in [0.2, 0.25) is 12.7 Å². The molecule has 2 aromatic rings. The molecule has 3 rings (SSSR count). The maximum absolute atomic E-state index is 13.2. The Morgan fingerprint density at radius 1 is 1.21 bits per heavy atom. The van der Waals surface area contributed by atoms with Crippen LogP contribution in [0.2, 0.25) is 5.02 Å². The van der Waals surface area contributed by atoms with Crippen molar-refractivity contribution in [2.45, 2.75) is 25.7 Å². The molecule has 9 heteroatoms. The zero-order valence-corrected chi connectivity index (χ0v) is 15.9. The summed E-state index contributed by atoms with van der Waals surface area (Å²) >= 11 is 5.66. The summed E-state index contributed by atoms with van der Waals surface area (Å²) in [5.41, 5.74) is -0.432. The van der Waals surface area contributed by atoms with Gasteiger partial charge in [0, 0.05) is 11.6 Å². The van der Waals surface area contributed by atoms with E-state index in [2.05, 4.69) is 5.32 Å². The molecule has 0 unspecified atom stereocenters. The summed E-state index contributed by atoms with van der Waals surface area (Å²) in [7, 11) is 1.71. The first-order valence-electron chi connectivity index (χ1n) is 8.41. The number of anilines is 1. The topological polar surface area (TPSA) is 50.8 Å². The molecule has 0 saturated heterocycles. The van der Waals surface area contributed by atoms with Gasteiger partial charge in [-0.25, -0.2) is 0 Å². The molecule has 1 N–H and O–H groups in total. The van der Waals surface area contributed by atoms with Crippen LogP contribution >= 0.6 is 11.6 Å². The maximum Gasteiger partial charge on any atom is 0.418 e. The van der Waals surface area contributed by atoms with Crippen LogP contribution in [0.4, 0.5) is 18.9 Å². The second-order valence-electron chi connectivity index (χ2n) is 6.46. The molecule has 1 aliphatic heterocycles. The lowest BCUT2D eigenvalue weighted by Gasteiger charge is -2.24. The number of carbonyl (C=O) groups excluding carboxylic acids is 1. The number of nitrogens with zero attached hydrogens (tertiary/aromatic N) is 1. The summed E-state index contributed by atoms with van der Waals surface area (Å²) in [6.45, 7) is 2.18. The summed E-state index contributed by atoms with van der Waals surface area (Å²) < 4.78 is 50.2. The number of benzene rings is 2. The Hall–Kier alpha value is -2.45. The minimum Gasteiger partial charge on any atom is -0.454 e. The van der Waals surface area contributed by atoms with Crippen LogP contribution in [-0.4, -0.2) is 30.7 Å². The molecule has 0 radical (unpaired) electrons. The molecule has 0 aliphatic carbocycles. The van der Waals surface area contributed by atoms with E-state index in [1.165, 1.54) is 6.07 Å². The van der Waals surface area contributed by atoms with Crippen molar-refractivity contribution in [3.8, 4) is 11.5 Å². The number of hydrogen-bond donors (Lipinski definition) is 1. The SMILES string of the molecule is C[C@@H](C(=O)Nc1ccc(Cl)cc1C(F)(F)F)N(C)Cc1ccc2c(c1)OCO2. The molecule has 0 bridgehead atoms. The molecule has 1 heterocycles. The number of likely N-dealkylation sites (N-methyl/N-ethyl adjacent to an activating group) is 1. The first kappa shape index (κ1) is 20.3. The Morgan fingerprint density at radius 2 is 1.93 bits per heavy atom. The molecule has 28 heavy (non-hydrogen) atoms. The van der Waals surface area contributed by atoms with Gasteiger partial charge in [-0.3, -0.25) is 9.69 Å². The lowest BCUT2D eigenvalue weighted by Crippen LogP contribution is -2.39. The van der Waals surface area contributed by atoms with Crippen LogP contribution in [0.5, 0.6) is 11.5 Å². The van der Waals surface area contributed by atoms with Crippen molar-refractivity contribution in [2.75, 3.05) is 19.2 Å². The lowest BCUT2D eigenvalue weighted by atomic mass is 10.1. The number of amides is 1. The summed E-state index contributed by atoms with van der Waals surface area (Å²) in [4.78, 5) is 14.2. The number of alkyl halides is 3. The highest BCUT2D eigenvalue weighted by Crippen LogP contribution is 2.37. The number of rotatable bonds is 5. The quantitative estimate of drug-likeness (QED) is 0.780. The van der Waals surface area contributed by atoms with Crippen LogP contribution in [0.1, 0.15) is 18.1 Å². The lowest BCUT2D eigenvalue weighted by molar-refractivity contribution is -0.137. The van der Waals surface area contributed by atoms with E-state index in [4.69, 9.17) is 21.1 Å². The van der Waals surface area contributed by atoms with Gasteiger partial charge < -0.3 is 14.8 Å². The van der Waals surface area contributed by atoms with Crippen LogP contribution in [0.15, 0.2) is 36.4 Å². The summed E-state index contributed by atoms with van der Waals surface area (Å²) in [6, 6.07) is 7.99. The van der Waals surface area contributed by atoms with E-state index in [-0.39, 0.29) is 17.5 Å². The molecular formula is C19H18ClF3N2O3. The zero-order chi connectivity index (χ0) is 20.5. The van der Waals surface area contributed by atoms with Crippen molar-refractivity contribution in [3.63, 3.8) is 0 Å². The fraction of sp³-hybridized carbons (Fsp3) is 0.316. The largest absolute Gasteiger partial charge is 0.454 e. The van der Waals surface area contributed by atoms with Gasteiger partial charge >= 0.3 is 6.18 Å². The summed E-state index contributed by atoms with van der Waals surface area (Å²) in [5.74, 6) is 0.717. The van der Waals surface area contributed by atoms with Gasteiger partial charge in [0.1, 0.15) is 0 Å². The van der Waals surface area contributed by atoms with Crippen LogP contribution in [-0.2, 0) is 17.5 Å². The van der Waals surface area contributed by atoms with E-state index in [0.717, 1.165) is 17.7 Å². The Bertz CT molecular complexity index is 889.